The number of nitrogens with one attached hydrogen (secondary N) is 2. The van der Waals surface area contributed by atoms with Crippen molar-refractivity contribution in [1.29, 1.82) is 0 Å². The summed E-state index contributed by atoms with van der Waals surface area (Å²) in [7, 11) is 1.62. The predicted molar refractivity (Wildman–Crippen MR) is 104 cm³/mol. The molecule has 27 heavy (non-hydrogen) atoms. The van der Waals surface area contributed by atoms with Crippen LogP contribution in [-0.4, -0.2) is 25.5 Å². The lowest BCUT2D eigenvalue weighted by Crippen LogP contribution is -2.26. The molecule has 2 amide bonds. The van der Waals surface area contributed by atoms with Gasteiger partial charge in [0.15, 0.2) is 0 Å². The van der Waals surface area contributed by atoms with Gasteiger partial charge in [-0.05, 0) is 68.3 Å². The third kappa shape index (κ3) is 4.22. The van der Waals surface area contributed by atoms with Crippen LogP contribution >= 0.6 is 0 Å². The van der Waals surface area contributed by atoms with Gasteiger partial charge in [0, 0.05) is 17.8 Å². The number of amides is 2. The van der Waals surface area contributed by atoms with Crippen LogP contribution in [0.2, 0.25) is 0 Å². The predicted octanol–water partition coefficient (Wildman–Crippen LogP) is 3.72. The molecule has 2 aromatic carbocycles. The van der Waals surface area contributed by atoms with Crippen LogP contribution in [0, 0.1) is 0 Å². The molecule has 3 rings (SSSR count). The lowest BCUT2D eigenvalue weighted by atomic mass is 9.86. The third-order valence-corrected chi connectivity index (χ3v) is 4.67. The van der Waals surface area contributed by atoms with Crippen molar-refractivity contribution in [2.24, 2.45) is 0 Å². The molecule has 0 saturated carbocycles. The molecule has 142 valence electrons. The van der Waals surface area contributed by atoms with Crippen molar-refractivity contribution < 1.29 is 19.1 Å². The Kier molecular flexibility index (Phi) is 5.35. The Labute approximate surface area is 158 Å². The summed E-state index contributed by atoms with van der Waals surface area (Å²) in [5, 5.41) is 5.74. The van der Waals surface area contributed by atoms with E-state index in [9.17, 15) is 9.59 Å². The normalized spacial score (nSPS) is 14.3. The number of benzene rings is 2. The van der Waals surface area contributed by atoms with Crippen molar-refractivity contribution in [3.05, 3.63) is 48.0 Å². The summed E-state index contributed by atoms with van der Waals surface area (Å²) in [5.74, 6) is 1.41. The summed E-state index contributed by atoms with van der Waals surface area (Å²) in [6.07, 6.45) is 0.960. The number of anilines is 2. The van der Waals surface area contributed by atoms with Crippen molar-refractivity contribution in [1.82, 2.24) is 0 Å². The Morgan fingerprint density at radius 2 is 1.81 bits per heavy atom. The van der Waals surface area contributed by atoms with E-state index in [1.165, 1.54) is 0 Å². The number of hydrogen-bond acceptors (Lipinski definition) is 4. The Morgan fingerprint density at radius 1 is 1.11 bits per heavy atom. The first-order valence-electron chi connectivity index (χ1n) is 8.93. The van der Waals surface area contributed by atoms with Crippen LogP contribution < -0.4 is 20.1 Å². The average Bonchev–Trinajstić information content (AvgIpc) is 2.88. The van der Waals surface area contributed by atoms with Crippen molar-refractivity contribution >= 4 is 23.2 Å². The van der Waals surface area contributed by atoms with E-state index in [0.29, 0.717) is 25.1 Å². The minimum atomic E-state index is -0.595. The van der Waals surface area contributed by atoms with Gasteiger partial charge in [-0.1, -0.05) is 0 Å². The number of methoxy groups -OCH3 is 1. The van der Waals surface area contributed by atoms with Gasteiger partial charge in [-0.25, -0.2) is 0 Å². The van der Waals surface area contributed by atoms with Crippen molar-refractivity contribution in [2.75, 3.05) is 24.4 Å². The SMILES string of the molecule is COc1ccc(OCCCC(=O)Nc2ccc3c(c2)C(C)(C)C(=O)N3)cc1. The number of ether oxygens (including phenoxy) is 2. The molecule has 0 aliphatic carbocycles. The molecule has 0 atom stereocenters. The molecule has 0 fully saturated rings. The summed E-state index contributed by atoms with van der Waals surface area (Å²) in [6, 6.07) is 12.8. The second kappa shape index (κ2) is 7.70. The molecule has 0 radical (unpaired) electrons. The molecule has 1 aliphatic heterocycles. The van der Waals surface area contributed by atoms with Gasteiger partial charge < -0.3 is 20.1 Å². The van der Waals surface area contributed by atoms with Gasteiger partial charge in [0.2, 0.25) is 11.8 Å². The van der Waals surface area contributed by atoms with E-state index >= 15 is 0 Å². The number of hydrogen-bond donors (Lipinski definition) is 2. The summed E-state index contributed by atoms with van der Waals surface area (Å²) in [4.78, 5) is 24.2. The molecule has 2 N–H and O–H groups in total. The van der Waals surface area contributed by atoms with Crippen LogP contribution in [0.3, 0.4) is 0 Å². The Balaban J connectivity index is 1.47. The second-order valence-corrected chi connectivity index (χ2v) is 7.02. The van der Waals surface area contributed by atoms with E-state index in [4.69, 9.17) is 9.47 Å². The van der Waals surface area contributed by atoms with Crippen LogP contribution in [0.25, 0.3) is 0 Å². The van der Waals surface area contributed by atoms with E-state index in [2.05, 4.69) is 10.6 Å². The van der Waals surface area contributed by atoms with Crippen LogP contribution in [0.4, 0.5) is 11.4 Å². The zero-order valence-corrected chi connectivity index (χ0v) is 15.8. The van der Waals surface area contributed by atoms with Crippen LogP contribution in [0.5, 0.6) is 11.5 Å². The topological polar surface area (TPSA) is 76.7 Å². The molecule has 0 spiro atoms. The zero-order valence-electron chi connectivity index (χ0n) is 15.8. The van der Waals surface area contributed by atoms with E-state index in [0.717, 1.165) is 22.7 Å². The van der Waals surface area contributed by atoms with E-state index in [1.54, 1.807) is 13.2 Å². The molecule has 6 heteroatoms. The first-order valence-corrected chi connectivity index (χ1v) is 8.93. The highest BCUT2D eigenvalue weighted by Crippen LogP contribution is 2.38. The highest BCUT2D eigenvalue weighted by molar-refractivity contribution is 6.06. The molecule has 0 unspecified atom stereocenters. The fourth-order valence-corrected chi connectivity index (χ4v) is 2.97. The van der Waals surface area contributed by atoms with Gasteiger partial charge in [-0.3, -0.25) is 9.59 Å². The monoisotopic (exact) mass is 368 g/mol. The first-order chi connectivity index (χ1) is 12.9. The number of carbonyl (C=O) groups excluding carboxylic acids is 2. The average molecular weight is 368 g/mol. The van der Waals surface area contributed by atoms with Gasteiger partial charge in [0.25, 0.3) is 0 Å². The lowest BCUT2D eigenvalue weighted by molar-refractivity contribution is -0.119. The third-order valence-electron chi connectivity index (χ3n) is 4.67. The second-order valence-electron chi connectivity index (χ2n) is 7.02. The molecule has 2 aromatic rings. The quantitative estimate of drug-likeness (QED) is 0.730. The molecule has 1 aliphatic rings. The van der Waals surface area contributed by atoms with E-state index in [1.807, 2.05) is 50.2 Å². The number of fused-ring (bicyclic) bond motifs is 1. The van der Waals surface area contributed by atoms with Crippen molar-refractivity contribution in [2.45, 2.75) is 32.1 Å². The van der Waals surface area contributed by atoms with Gasteiger partial charge >= 0.3 is 0 Å². The first kappa shape index (κ1) is 18.8. The Hall–Kier alpha value is -3.02. The smallest absolute Gasteiger partial charge is 0.234 e. The summed E-state index contributed by atoms with van der Waals surface area (Å²) >= 11 is 0. The van der Waals surface area contributed by atoms with Gasteiger partial charge in [-0.15, -0.1) is 0 Å². The van der Waals surface area contributed by atoms with Crippen LogP contribution in [0.1, 0.15) is 32.3 Å². The highest BCUT2D eigenvalue weighted by Gasteiger charge is 2.38. The Morgan fingerprint density at radius 3 is 2.52 bits per heavy atom. The summed E-state index contributed by atoms with van der Waals surface area (Å²) < 4.78 is 10.7. The van der Waals surface area contributed by atoms with Gasteiger partial charge in [0.1, 0.15) is 11.5 Å². The molecule has 0 saturated heterocycles. The number of rotatable bonds is 7. The van der Waals surface area contributed by atoms with Crippen LogP contribution in [0.15, 0.2) is 42.5 Å². The maximum Gasteiger partial charge on any atom is 0.234 e. The molecule has 1 heterocycles. The zero-order chi connectivity index (χ0) is 19.4. The van der Waals surface area contributed by atoms with Crippen molar-refractivity contribution in [3.8, 4) is 11.5 Å². The van der Waals surface area contributed by atoms with Crippen molar-refractivity contribution in [3.63, 3.8) is 0 Å². The summed E-state index contributed by atoms with van der Waals surface area (Å²) in [6.45, 7) is 4.20. The standard InChI is InChI=1S/C21H24N2O4/c1-21(2)17-13-14(6-11-18(17)23-20(21)25)22-19(24)5-4-12-27-16-9-7-15(26-3)8-10-16/h6-11,13H,4-5,12H2,1-3H3,(H,22,24)(H,23,25). The minimum Gasteiger partial charge on any atom is -0.497 e. The molecule has 6 nitrogen and oxygen atoms in total. The molecular weight excluding hydrogens is 344 g/mol. The van der Waals surface area contributed by atoms with E-state index < -0.39 is 5.41 Å². The largest absolute Gasteiger partial charge is 0.497 e. The summed E-state index contributed by atoms with van der Waals surface area (Å²) in [5.41, 5.74) is 1.80. The maximum atomic E-state index is 12.2. The Bertz CT molecular complexity index is 844. The molecular formula is C21H24N2O4. The van der Waals surface area contributed by atoms with Crippen LogP contribution in [-0.2, 0) is 15.0 Å². The van der Waals surface area contributed by atoms with E-state index in [-0.39, 0.29) is 11.8 Å². The lowest BCUT2D eigenvalue weighted by Gasteiger charge is -2.16. The highest BCUT2D eigenvalue weighted by atomic mass is 16.5. The molecule has 0 aromatic heterocycles. The van der Waals surface area contributed by atoms with Gasteiger partial charge in [-0.2, -0.15) is 0 Å². The fourth-order valence-electron chi connectivity index (χ4n) is 2.97. The maximum absolute atomic E-state index is 12.2. The fraction of sp³-hybridized carbons (Fsp3) is 0.333. The number of carbonyl (C=O) groups is 2. The minimum absolute atomic E-state index is 0.0309. The molecule has 0 bridgehead atoms. The van der Waals surface area contributed by atoms with Gasteiger partial charge in [0.05, 0.1) is 19.1 Å².